The van der Waals surface area contributed by atoms with Crippen LogP contribution in [0.5, 0.6) is 0 Å². The minimum Gasteiger partial charge on any atom is -0.389 e. The molecule has 2 aromatic carbocycles. The van der Waals surface area contributed by atoms with Gasteiger partial charge in [0.25, 0.3) is 0 Å². The number of nitrogens with zero attached hydrogens (tertiary/aromatic N) is 3. The summed E-state index contributed by atoms with van der Waals surface area (Å²) in [5, 5.41) is 15.2. The van der Waals surface area contributed by atoms with Crippen molar-refractivity contribution in [3.05, 3.63) is 84.4 Å². The van der Waals surface area contributed by atoms with Crippen molar-refractivity contribution >= 4 is 5.88 Å². The monoisotopic (exact) mass is 447 g/mol. The van der Waals surface area contributed by atoms with E-state index in [1.165, 1.54) is 5.56 Å². The highest BCUT2D eigenvalue weighted by Crippen LogP contribution is 2.34. The second kappa shape index (κ2) is 11.8. The van der Waals surface area contributed by atoms with Gasteiger partial charge in [-0.2, -0.15) is 0 Å². The molecule has 3 aromatic rings. The van der Waals surface area contributed by atoms with Crippen LogP contribution in [0.2, 0.25) is 0 Å². The highest BCUT2D eigenvalue weighted by atomic mass is 16.5. The molecule has 0 spiro atoms. The topological polar surface area (TPSA) is 62.0 Å². The normalized spacial score (nSPS) is 14.7. The quantitative estimate of drug-likeness (QED) is 0.326. The molecule has 6 heteroatoms. The maximum atomic E-state index is 10.7. The van der Waals surface area contributed by atoms with Gasteiger partial charge in [0.2, 0.25) is 5.88 Å². The third kappa shape index (κ3) is 6.32. The lowest BCUT2D eigenvalue weighted by molar-refractivity contribution is 0.0229. The molecule has 1 N–H and O–H groups in total. The van der Waals surface area contributed by atoms with E-state index in [0.29, 0.717) is 26.2 Å². The molecule has 1 aliphatic heterocycles. The highest BCUT2D eigenvalue weighted by molar-refractivity contribution is 5.68. The molecular weight excluding hydrogens is 414 g/mol. The molecule has 1 unspecified atom stereocenters. The number of aliphatic hydroxyl groups excluding tert-OH is 1. The zero-order valence-corrected chi connectivity index (χ0v) is 19.1. The molecule has 0 aliphatic carbocycles. The van der Waals surface area contributed by atoms with Crippen molar-refractivity contribution in [1.82, 2.24) is 10.1 Å². The van der Waals surface area contributed by atoms with E-state index in [1.807, 2.05) is 36.4 Å². The van der Waals surface area contributed by atoms with E-state index in [1.54, 1.807) is 6.08 Å². The Balaban J connectivity index is 1.61. The molecule has 1 saturated heterocycles. The van der Waals surface area contributed by atoms with Gasteiger partial charge in [-0.25, -0.2) is 0 Å². The summed E-state index contributed by atoms with van der Waals surface area (Å²) in [6.45, 7) is 8.13. The van der Waals surface area contributed by atoms with Gasteiger partial charge in [0.1, 0.15) is 5.69 Å². The zero-order valence-electron chi connectivity index (χ0n) is 19.1. The minimum atomic E-state index is -0.607. The molecule has 1 aromatic heterocycles. The molecular formula is C27H33N3O3. The summed E-state index contributed by atoms with van der Waals surface area (Å²) >= 11 is 0. The fourth-order valence-corrected chi connectivity index (χ4v) is 4.32. The predicted octanol–water partition coefficient (Wildman–Crippen LogP) is 4.51. The van der Waals surface area contributed by atoms with Gasteiger partial charge in [0.15, 0.2) is 0 Å². The van der Waals surface area contributed by atoms with E-state index < -0.39 is 6.10 Å². The molecule has 0 saturated carbocycles. The summed E-state index contributed by atoms with van der Waals surface area (Å²) in [7, 11) is 0. The second-order valence-electron chi connectivity index (χ2n) is 8.51. The summed E-state index contributed by atoms with van der Waals surface area (Å²) in [5.74, 6) is 0.849. The van der Waals surface area contributed by atoms with Crippen LogP contribution in [0.15, 0.2) is 77.8 Å². The molecule has 33 heavy (non-hydrogen) atoms. The summed E-state index contributed by atoms with van der Waals surface area (Å²) in [6.07, 6.45) is 3.41. The van der Waals surface area contributed by atoms with E-state index in [-0.39, 0.29) is 6.61 Å². The van der Waals surface area contributed by atoms with Gasteiger partial charge in [-0.05, 0) is 18.4 Å². The van der Waals surface area contributed by atoms with Crippen molar-refractivity contribution in [3.8, 4) is 11.3 Å². The Hall–Kier alpha value is -2.93. The maximum absolute atomic E-state index is 10.7. The number of hydrogen-bond acceptors (Lipinski definition) is 6. The van der Waals surface area contributed by atoms with E-state index in [4.69, 9.17) is 9.26 Å². The highest BCUT2D eigenvalue weighted by Gasteiger charge is 2.27. The Kier molecular flexibility index (Phi) is 8.30. The Bertz CT molecular complexity index is 984. The Labute approximate surface area is 196 Å². The number of anilines is 1. The lowest BCUT2D eigenvalue weighted by atomic mass is 10.1. The van der Waals surface area contributed by atoms with Crippen LogP contribution in [0, 0.1) is 0 Å². The van der Waals surface area contributed by atoms with Gasteiger partial charge in [0, 0.05) is 38.3 Å². The van der Waals surface area contributed by atoms with Crippen LogP contribution in [-0.4, -0.2) is 54.1 Å². The smallest absolute Gasteiger partial charge is 0.232 e. The van der Waals surface area contributed by atoms with Crippen molar-refractivity contribution in [2.45, 2.75) is 32.0 Å². The van der Waals surface area contributed by atoms with E-state index >= 15 is 0 Å². The van der Waals surface area contributed by atoms with Crippen molar-refractivity contribution < 1.29 is 14.4 Å². The van der Waals surface area contributed by atoms with Crippen LogP contribution in [0.1, 0.15) is 24.0 Å². The van der Waals surface area contributed by atoms with Gasteiger partial charge in [-0.1, -0.05) is 71.9 Å². The Morgan fingerprint density at radius 2 is 1.76 bits per heavy atom. The van der Waals surface area contributed by atoms with Gasteiger partial charge >= 0.3 is 0 Å². The number of aromatic nitrogens is 1. The predicted molar refractivity (Wildman–Crippen MR) is 131 cm³/mol. The first-order valence-electron chi connectivity index (χ1n) is 11.7. The first-order chi connectivity index (χ1) is 16.2. The number of rotatable bonds is 12. The summed E-state index contributed by atoms with van der Waals surface area (Å²) in [5.41, 5.74) is 4.17. The van der Waals surface area contributed by atoms with Crippen molar-refractivity contribution in [2.75, 3.05) is 37.7 Å². The largest absolute Gasteiger partial charge is 0.389 e. The molecule has 2 heterocycles. The lowest BCUT2D eigenvalue weighted by Gasteiger charge is -2.26. The zero-order chi connectivity index (χ0) is 22.9. The molecule has 4 rings (SSSR count). The van der Waals surface area contributed by atoms with Crippen molar-refractivity contribution in [3.63, 3.8) is 0 Å². The van der Waals surface area contributed by atoms with E-state index in [2.05, 4.69) is 45.8 Å². The number of hydrogen-bond donors (Lipinski definition) is 1. The van der Waals surface area contributed by atoms with Crippen molar-refractivity contribution in [2.24, 2.45) is 0 Å². The fourth-order valence-electron chi connectivity index (χ4n) is 4.32. The third-order valence-electron chi connectivity index (χ3n) is 5.85. The lowest BCUT2D eigenvalue weighted by Crippen LogP contribution is -2.35. The summed E-state index contributed by atoms with van der Waals surface area (Å²) < 4.78 is 11.4. The molecule has 1 atom stereocenters. The number of benzene rings is 2. The fraction of sp³-hybridized carbons (Fsp3) is 0.370. The van der Waals surface area contributed by atoms with Crippen molar-refractivity contribution in [1.29, 1.82) is 0 Å². The first-order valence-corrected chi connectivity index (χ1v) is 11.7. The van der Waals surface area contributed by atoms with Crippen LogP contribution >= 0.6 is 0 Å². The minimum absolute atomic E-state index is 0.269. The molecule has 0 amide bonds. The van der Waals surface area contributed by atoms with Crippen LogP contribution in [0.4, 0.5) is 5.88 Å². The van der Waals surface area contributed by atoms with Crippen LogP contribution < -0.4 is 4.90 Å². The van der Waals surface area contributed by atoms with E-state index in [9.17, 15) is 5.11 Å². The van der Waals surface area contributed by atoms with Gasteiger partial charge in [-0.3, -0.25) is 4.90 Å². The van der Waals surface area contributed by atoms with Crippen LogP contribution in [0.25, 0.3) is 11.3 Å². The standard InChI is InChI=1S/C27H33N3O3/c1-2-17-32-21-24(31)19-29(18-22-11-5-3-6-12-22)20-25-26(23-13-7-4-8-14-23)28-33-27(25)30-15-9-10-16-30/h2-8,11-14,24,31H,1,9-10,15-21H2. The number of aliphatic hydroxyl groups is 1. The SMILES string of the molecule is C=CCOCC(O)CN(Cc1ccccc1)Cc1c(-c2ccccc2)noc1N1CCCC1. The molecule has 0 radical (unpaired) electrons. The second-order valence-corrected chi connectivity index (χ2v) is 8.51. The van der Waals surface area contributed by atoms with Gasteiger partial charge in [0.05, 0.1) is 24.9 Å². The average molecular weight is 448 g/mol. The molecule has 0 bridgehead atoms. The molecule has 6 nitrogen and oxygen atoms in total. The third-order valence-corrected chi connectivity index (χ3v) is 5.85. The molecule has 1 fully saturated rings. The van der Waals surface area contributed by atoms with Gasteiger partial charge < -0.3 is 19.3 Å². The van der Waals surface area contributed by atoms with E-state index in [0.717, 1.165) is 48.6 Å². The van der Waals surface area contributed by atoms with Crippen LogP contribution in [0.3, 0.4) is 0 Å². The summed E-state index contributed by atoms with van der Waals surface area (Å²) in [4.78, 5) is 4.54. The number of ether oxygens (including phenoxy) is 1. The first kappa shape index (κ1) is 23.2. The molecule has 1 aliphatic rings. The Morgan fingerprint density at radius 1 is 1.06 bits per heavy atom. The maximum Gasteiger partial charge on any atom is 0.232 e. The average Bonchev–Trinajstić information content (AvgIpc) is 3.50. The van der Waals surface area contributed by atoms with Gasteiger partial charge in [-0.15, -0.1) is 6.58 Å². The molecule has 174 valence electrons. The summed E-state index contributed by atoms with van der Waals surface area (Å²) in [6, 6.07) is 20.5. The Morgan fingerprint density at radius 3 is 2.45 bits per heavy atom. The van der Waals surface area contributed by atoms with Crippen LogP contribution in [-0.2, 0) is 17.8 Å².